The van der Waals surface area contributed by atoms with Crippen LogP contribution in [0.15, 0.2) is 36.4 Å². The third kappa shape index (κ3) is 5.13. The number of anilines is 1. The largest absolute Gasteiger partial charge is 0.494 e. The number of hydrogen-bond donors (Lipinski definition) is 3. The number of methoxy groups -OCH3 is 1. The molecule has 2 amide bonds. The van der Waals surface area contributed by atoms with Gasteiger partial charge in [0.2, 0.25) is 0 Å². The standard InChI is InChI=1S/C24H28F3N3O3/c1-23(2,3)14-11-16(21(28-4)24(25,26)27)20(33-5)18(12-14)30-22(32)29-17-10-13-8-6-7-9-15(13)19(17)31/h6-9,11-12,17,21,28H,10H2,1-5H3,(H2,29,30,32)/t17-,21-/m1/s1. The zero-order chi connectivity index (χ0) is 24.6. The van der Waals surface area contributed by atoms with Crippen LogP contribution in [0.3, 0.4) is 0 Å². The maximum Gasteiger partial charge on any atom is 0.408 e. The molecule has 0 radical (unpaired) electrons. The highest BCUT2D eigenvalue weighted by Crippen LogP contribution is 2.43. The Bertz CT molecular complexity index is 1060. The van der Waals surface area contributed by atoms with Crippen LogP contribution < -0.4 is 20.7 Å². The predicted molar refractivity (Wildman–Crippen MR) is 120 cm³/mol. The van der Waals surface area contributed by atoms with Gasteiger partial charge in [0.25, 0.3) is 0 Å². The highest BCUT2D eigenvalue weighted by Gasteiger charge is 2.42. The van der Waals surface area contributed by atoms with E-state index in [0.29, 0.717) is 17.5 Å². The minimum atomic E-state index is -4.58. The van der Waals surface area contributed by atoms with Gasteiger partial charge in [0.15, 0.2) is 5.78 Å². The van der Waals surface area contributed by atoms with Crippen molar-refractivity contribution in [2.24, 2.45) is 0 Å². The SMILES string of the molecule is CN[C@H](c1cc(C(C)(C)C)cc(NC(=O)N[C@@H]2Cc3ccccc3C2=O)c1OC)C(F)(F)F. The molecular formula is C24H28F3N3O3. The monoisotopic (exact) mass is 463 g/mol. The lowest BCUT2D eigenvalue weighted by molar-refractivity contribution is -0.156. The molecule has 0 saturated heterocycles. The van der Waals surface area contributed by atoms with E-state index in [1.165, 1.54) is 20.2 Å². The summed E-state index contributed by atoms with van der Waals surface area (Å²) in [6, 6.07) is 6.68. The maximum atomic E-state index is 13.7. The van der Waals surface area contributed by atoms with E-state index in [2.05, 4.69) is 16.0 Å². The number of fused-ring (bicyclic) bond motifs is 1. The average Bonchev–Trinajstić information content (AvgIpc) is 3.02. The summed E-state index contributed by atoms with van der Waals surface area (Å²) in [7, 11) is 2.46. The van der Waals surface area contributed by atoms with E-state index in [1.807, 2.05) is 32.9 Å². The van der Waals surface area contributed by atoms with Gasteiger partial charge in [-0.05, 0) is 35.7 Å². The molecule has 0 saturated carbocycles. The minimum Gasteiger partial charge on any atom is -0.494 e. The van der Waals surface area contributed by atoms with Crippen LogP contribution in [-0.2, 0) is 11.8 Å². The molecule has 3 rings (SSSR count). The molecule has 2 aromatic carbocycles. The molecule has 9 heteroatoms. The number of urea groups is 1. The maximum absolute atomic E-state index is 13.7. The molecule has 2 aromatic rings. The van der Waals surface area contributed by atoms with E-state index in [0.717, 1.165) is 5.56 Å². The van der Waals surface area contributed by atoms with Crippen molar-refractivity contribution in [1.29, 1.82) is 0 Å². The molecule has 0 unspecified atom stereocenters. The molecule has 2 atom stereocenters. The van der Waals surface area contributed by atoms with Crippen molar-refractivity contribution in [1.82, 2.24) is 10.6 Å². The third-order valence-corrected chi connectivity index (χ3v) is 5.69. The summed E-state index contributed by atoms with van der Waals surface area (Å²) in [4.78, 5) is 25.4. The number of rotatable bonds is 5. The number of alkyl halides is 3. The fraction of sp³-hybridized carbons (Fsp3) is 0.417. The smallest absolute Gasteiger partial charge is 0.408 e. The van der Waals surface area contributed by atoms with Gasteiger partial charge in [-0.2, -0.15) is 13.2 Å². The Balaban J connectivity index is 1.94. The topological polar surface area (TPSA) is 79.5 Å². The molecule has 0 aliphatic heterocycles. The molecule has 0 fully saturated rings. The number of Topliss-reactive ketones (excluding diaryl/α,β-unsaturated/α-hetero) is 1. The summed E-state index contributed by atoms with van der Waals surface area (Å²) in [6.45, 7) is 5.58. The second-order valence-electron chi connectivity index (χ2n) is 9.04. The van der Waals surface area contributed by atoms with Crippen molar-refractivity contribution >= 4 is 17.5 Å². The van der Waals surface area contributed by atoms with Gasteiger partial charge in [-0.1, -0.05) is 45.0 Å². The average molecular weight is 464 g/mol. The fourth-order valence-corrected chi connectivity index (χ4v) is 3.99. The molecule has 0 aromatic heterocycles. The summed E-state index contributed by atoms with van der Waals surface area (Å²) in [5.74, 6) is -0.306. The number of ether oxygens (including phenoxy) is 1. The number of benzene rings is 2. The van der Waals surface area contributed by atoms with Gasteiger partial charge in [-0.25, -0.2) is 4.79 Å². The van der Waals surface area contributed by atoms with Gasteiger partial charge in [-0.3, -0.25) is 4.79 Å². The van der Waals surface area contributed by atoms with Crippen molar-refractivity contribution < 1.29 is 27.5 Å². The molecule has 0 bridgehead atoms. The Morgan fingerprint density at radius 2 is 1.82 bits per heavy atom. The molecule has 1 aliphatic carbocycles. The first-order valence-electron chi connectivity index (χ1n) is 10.5. The zero-order valence-electron chi connectivity index (χ0n) is 19.2. The van der Waals surface area contributed by atoms with Gasteiger partial charge in [0.05, 0.1) is 18.8 Å². The number of nitrogens with one attached hydrogen (secondary N) is 3. The Kier molecular flexibility index (Phi) is 6.74. The van der Waals surface area contributed by atoms with E-state index in [-0.39, 0.29) is 22.8 Å². The molecule has 6 nitrogen and oxygen atoms in total. The van der Waals surface area contributed by atoms with Crippen molar-refractivity contribution in [3.05, 3.63) is 58.7 Å². The summed E-state index contributed by atoms with van der Waals surface area (Å²) in [5, 5.41) is 7.52. The van der Waals surface area contributed by atoms with Gasteiger partial charge in [0, 0.05) is 17.5 Å². The van der Waals surface area contributed by atoms with E-state index in [9.17, 15) is 22.8 Å². The molecule has 0 heterocycles. The van der Waals surface area contributed by atoms with Crippen LogP contribution in [0, 0.1) is 0 Å². The van der Waals surface area contributed by atoms with Crippen molar-refractivity contribution in [2.75, 3.05) is 19.5 Å². The first-order chi connectivity index (χ1) is 15.4. The van der Waals surface area contributed by atoms with Crippen LogP contribution in [0.25, 0.3) is 0 Å². The van der Waals surface area contributed by atoms with Crippen LogP contribution in [-0.4, -0.2) is 38.2 Å². The van der Waals surface area contributed by atoms with Crippen LogP contribution >= 0.6 is 0 Å². The predicted octanol–water partition coefficient (Wildman–Crippen LogP) is 4.74. The van der Waals surface area contributed by atoms with E-state index >= 15 is 0 Å². The Labute approximate surface area is 190 Å². The number of hydrogen-bond acceptors (Lipinski definition) is 4. The Hall–Kier alpha value is -3.07. The Morgan fingerprint density at radius 3 is 2.36 bits per heavy atom. The molecule has 178 valence electrons. The van der Waals surface area contributed by atoms with Gasteiger partial charge in [0.1, 0.15) is 11.8 Å². The number of halogens is 3. The molecule has 3 N–H and O–H groups in total. The lowest BCUT2D eigenvalue weighted by Gasteiger charge is -2.28. The number of amides is 2. The first-order valence-corrected chi connectivity index (χ1v) is 10.5. The number of carbonyl (C=O) groups is 2. The Morgan fingerprint density at radius 1 is 1.15 bits per heavy atom. The van der Waals surface area contributed by atoms with Crippen LogP contribution in [0.2, 0.25) is 0 Å². The van der Waals surface area contributed by atoms with Crippen molar-refractivity contribution in [3.8, 4) is 5.75 Å². The zero-order valence-corrected chi connectivity index (χ0v) is 19.2. The second kappa shape index (κ2) is 9.05. The van der Waals surface area contributed by atoms with Crippen LogP contribution in [0.4, 0.5) is 23.7 Å². The minimum absolute atomic E-state index is 0.0879. The van der Waals surface area contributed by atoms with Gasteiger partial charge in [-0.15, -0.1) is 0 Å². The molecule has 0 spiro atoms. The van der Waals surface area contributed by atoms with Crippen molar-refractivity contribution in [3.63, 3.8) is 0 Å². The summed E-state index contributed by atoms with van der Waals surface area (Å²) in [5.41, 5.74) is 1.43. The van der Waals surface area contributed by atoms with E-state index in [4.69, 9.17) is 4.74 Å². The second-order valence-corrected chi connectivity index (χ2v) is 9.04. The van der Waals surface area contributed by atoms with Crippen LogP contribution in [0.1, 0.15) is 53.9 Å². The third-order valence-electron chi connectivity index (χ3n) is 5.69. The quantitative estimate of drug-likeness (QED) is 0.598. The number of carbonyl (C=O) groups excluding carboxylic acids is 2. The summed E-state index contributed by atoms with van der Waals surface area (Å²) < 4.78 is 46.5. The summed E-state index contributed by atoms with van der Waals surface area (Å²) >= 11 is 0. The van der Waals surface area contributed by atoms with Gasteiger partial charge >= 0.3 is 12.2 Å². The van der Waals surface area contributed by atoms with Crippen molar-refractivity contribution in [2.45, 2.75) is 50.9 Å². The van der Waals surface area contributed by atoms with Crippen LogP contribution in [0.5, 0.6) is 5.75 Å². The fourth-order valence-electron chi connectivity index (χ4n) is 3.99. The van der Waals surface area contributed by atoms with Gasteiger partial charge < -0.3 is 20.7 Å². The molecule has 1 aliphatic rings. The highest BCUT2D eigenvalue weighted by atomic mass is 19.4. The van der Waals surface area contributed by atoms with E-state index in [1.54, 1.807) is 18.2 Å². The molecule has 33 heavy (non-hydrogen) atoms. The lowest BCUT2D eigenvalue weighted by Crippen LogP contribution is -2.41. The lowest BCUT2D eigenvalue weighted by atomic mass is 9.84. The molecular weight excluding hydrogens is 435 g/mol. The van der Waals surface area contributed by atoms with E-state index < -0.39 is 29.7 Å². The first kappa shape index (κ1) is 24.6. The number of ketones is 1. The summed E-state index contributed by atoms with van der Waals surface area (Å²) in [6.07, 6.45) is -4.23. The highest BCUT2D eigenvalue weighted by molar-refractivity contribution is 6.07. The normalized spacial score (nSPS) is 16.8.